The molecule has 3 aromatic rings. The van der Waals surface area contributed by atoms with Gasteiger partial charge in [-0.2, -0.15) is 0 Å². The van der Waals surface area contributed by atoms with Crippen molar-refractivity contribution >= 4 is 11.8 Å². The highest BCUT2D eigenvalue weighted by Crippen LogP contribution is 2.11. The zero-order chi connectivity index (χ0) is 18.4. The largest absolute Gasteiger partial charge is 0.411 e. The molecule has 10 nitrogen and oxygen atoms in total. The summed E-state index contributed by atoms with van der Waals surface area (Å²) in [6, 6.07) is 14.3. The number of ether oxygens (including phenoxy) is 1. The summed E-state index contributed by atoms with van der Waals surface area (Å²) < 4.78 is 6.23. The third kappa shape index (κ3) is 4.17. The van der Waals surface area contributed by atoms with Crippen LogP contribution in [-0.2, 0) is 18.5 Å². The standard InChI is InChI=1S/C16H15N7O3/c1-23-15(19-21-22-23)14(11-6-3-2-4-7-11)20-25-10-12-8-5-9-13(18-12)26-16(17)24/h2-9H,10H2,1H3,(H2,17,24). The number of nitrogens with two attached hydrogens (primary N) is 1. The number of nitrogens with zero attached hydrogens (tertiary/aromatic N) is 6. The third-order valence-electron chi connectivity index (χ3n) is 3.23. The van der Waals surface area contributed by atoms with Crippen molar-refractivity contribution in [1.82, 2.24) is 25.2 Å². The van der Waals surface area contributed by atoms with Crippen LogP contribution >= 0.6 is 0 Å². The van der Waals surface area contributed by atoms with Crippen LogP contribution < -0.4 is 10.5 Å². The Bertz CT molecular complexity index is 924. The molecule has 132 valence electrons. The van der Waals surface area contributed by atoms with E-state index in [0.29, 0.717) is 17.2 Å². The lowest BCUT2D eigenvalue weighted by Crippen LogP contribution is -2.17. The summed E-state index contributed by atoms with van der Waals surface area (Å²) in [5, 5.41) is 15.6. The van der Waals surface area contributed by atoms with Crippen LogP contribution in [0.25, 0.3) is 0 Å². The molecule has 0 unspecified atom stereocenters. The summed E-state index contributed by atoms with van der Waals surface area (Å²) in [6.45, 7) is 0.0532. The zero-order valence-corrected chi connectivity index (χ0v) is 13.8. The smallest absolute Gasteiger partial charge is 0.391 e. The van der Waals surface area contributed by atoms with Gasteiger partial charge in [-0.15, -0.1) is 5.10 Å². The van der Waals surface area contributed by atoms with Gasteiger partial charge in [0.15, 0.2) is 12.3 Å². The van der Waals surface area contributed by atoms with Crippen molar-refractivity contribution in [1.29, 1.82) is 0 Å². The van der Waals surface area contributed by atoms with E-state index in [1.807, 2.05) is 30.3 Å². The monoisotopic (exact) mass is 353 g/mol. The SMILES string of the molecule is Cn1nnnc1C(=NOCc1cccc(OC(N)=O)n1)c1ccccc1. The third-order valence-corrected chi connectivity index (χ3v) is 3.23. The van der Waals surface area contributed by atoms with E-state index in [1.54, 1.807) is 19.2 Å². The maximum atomic E-state index is 10.8. The fourth-order valence-electron chi connectivity index (χ4n) is 2.11. The van der Waals surface area contributed by atoms with Crippen LogP contribution in [-0.4, -0.2) is 37.0 Å². The van der Waals surface area contributed by atoms with E-state index in [4.69, 9.17) is 15.3 Å². The summed E-state index contributed by atoms with van der Waals surface area (Å²) in [7, 11) is 1.71. The van der Waals surface area contributed by atoms with E-state index in [9.17, 15) is 4.79 Å². The van der Waals surface area contributed by atoms with Crippen LogP contribution in [0, 0.1) is 0 Å². The highest BCUT2D eigenvalue weighted by Gasteiger charge is 2.14. The number of pyridine rings is 1. The van der Waals surface area contributed by atoms with Crippen molar-refractivity contribution in [3.63, 3.8) is 0 Å². The first-order chi connectivity index (χ1) is 12.6. The van der Waals surface area contributed by atoms with Crippen LogP contribution in [0.2, 0.25) is 0 Å². The normalized spacial score (nSPS) is 11.2. The Morgan fingerprint density at radius 3 is 2.69 bits per heavy atom. The zero-order valence-electron chi connectivity index (χ0n) is 13.8. The number of oxime groups is 1. The Morgan fingerprint density at radius 1 is 1.19 bits per heavy atom. The Balaban J connectivity index is 1.80. The number of carbonyl (C=O) groups excluding carboxylic acids is 1. The maximum Gasteiger partial charge on any atom is 0.411 e. The number of hydrogen-bond acceptors (Lipinski definition) is 8. The van der Waals surface area contributed by atoms with Crippen molar-refractivity contribution in [2.75, 3.05) is 0 Å². The molecule has 2 aromatic heterocycles. The lowest BCUT2D eigenvalue weighted by Gasteiger charge is -2.06. The molecule has 1 amide bonds. The molecule has 0 aliphatic carbocycles. The Labute approximate surface area is 148 Å². The molecule has 1 aromatic carbocycles. The van der Waals surface area contributed by atoms with Gasteiger partial charge in [0, 0.05) is 18.7 Å². The number of primary amides is 1. The van der Waals surface area contributed by atoms with E-state index in [1.165, 1.54) is 10.7 Å². The molecule has 0 atom stereocenters. The molecule has 0 aliphatic rings. The van der Waals surface area contributed by atoms with Gasteiger partial charge < -0.3 is 15.3 Å². The molecule has 26 heavy (non-hydrogen) atoms. The van der Waals surface area contributed by atoms with E-state index in [-0.39, 0.29) is 12.5 Å². The average molecular weight is 353 g/mol. The number of carbonyl (C=O) groups is 1. The van der Waals surface area contributed by atoms with Crippen molar-refractivity contribution in [2.24, 2.45) is 17.9 Å². The van der Waals surface area contributed by atoms with Crippen LogP contribution in [0.3, 0.4) is 0 Å². The highest BCUT2D eigenvalue weighted by molar-refractivity contribution is 6.10. The number of aryl methyl sites for hydroxylation is 1. The number of tetrazole rings is 1. The van der Waals surface area contributed by atoms with E-state index in [2.05, 4.69) is 25.7 Å². The van der Waals surface area contributed by atoms with E-state index >= 15 is 0 Å². The van der Waals surface area contributed by atoms with Gasteiger partial charge in [0.1, 0.15) is 0 Å². The van der Waals surface area contributed by atoms with E-state index in [0.717, 1.165) is 5.56 Å². The van der Waals surface area contributed by atoms with Gasteiger partial charge in [-0.25, -0.2) is 14.5 Å². The van der Waals surface area contributed by atoms with Gasteiger partial charge >= 0.3 is 6.09 Å². The van der Waals surface area contributed by atoms with Crippen molar-refractivity contribution < 1.29 is 14.4 Å². The van der Waals surface area contributed by atoms with Gasteiger partial charge in [-0.1, -0.05) is 41.6 Å². The molecular formula is C16H15N7O3. The highest BCUT2D eigenvalue weighted by atomic mass is 16.6. The van der Waals surface area contributed by atoms with Gasteiger partial charge in [-0.3, -0.25) is 0 Å². The first kappa shape index (κ1) is 17.0. The van der Waals surface area contributed by atoms with Gasteiger partial charge in [-0.05, 0) is 16.5 Å². The Kier molecular flexibility index (Phi) is 5.13. The summed E-state index contributed by atoms with van der Waals surface area (Å²) in [6.07, 6.45) is -0.935. The van der Waals surface area contributed by atoms with E-state index < -0.39 is 6.09 Å². The fourth-order valence-corrected chi connectivity index (χ4v) is 2.11. The molecule has 0 saturated heterocycles. The average Bonchev–Trinajstić information content (AvgIpc) is 3.05. The minimum absolute atomic E-state index is 0.0532. The predicted molar refractivity (Wildman–Crippen MR) is 90.1 cm³/mol. The molecule has 0 fully saturated rings. The Hall–Kier alpha value is -3.82. The molecular weight excluding hydrogens is 338 g/mol. The lowest BCUT2D eigenvalue weighted by atomic mass is 10.1. The lowest BCUT2D eigenvalue weighted by molar-refractivity contribution is 0.127. The fraction of sp³-hybridized carbons (Fsp3) is 0.125. The summed E-state index contributed by atoms with van der Waals surface area (Å²) in [4.78, 5) is 20.3. The van der Waals surface area contributed by atoms with Gasteiger partial charge in [0.05, 0.1) is 5.69 Å². The molecule has 0 aliphatic heterocycles. The number of hydrogen-bond donors (Lipinski definition) is 1. The first-order valence-electron chi connectivity index (χ1n) is 7.55. The second-order valence-corrected chi connectivity index (χ2v) is 5.09. The molecule has 3 rings (SSSR count). The maximum absolute atomic E-state index is 10.8. The first-order valence-corrected chi connectivity index (χ1v) is 7.55. The second kappa shape index (κ2) is 7.83. The number of amides is 1. The minimum Gasteiger partial charge on any atom is -0.391 e. The number of rotatable bonds is 6. The second-order valence-electron chi connectivity index (χ2n) is 5.09. The quantitative estimate of drug-likeness (QED) is 0.517. The van der Waals surface area contributed by atoms with Crippen molar-refractivity contribution in [3.05, 3.63) is 65.6 Å². The summed E-state index contributed by atoms with van der Waals surface area (Å²) >= 11 is 0. The number of benzene rings is 1. The van der Waals surface area contributed by atoms with Gasteiger partial charge in [0.2, 0.25) is 11.7 Å². The van der Waals surface area contributed by atoms with Crippen molar-refractivity contribution in [3.8, 4) is 5.88 Å². The van der Waals surface area contributed by atoms with Gasteiger partial charge in [0.25, 0.3) is 0 Å². The molecule has 10 heteroatoms. The molecule has 0 spiro atoms. The Morgan fingerprint density at radius 2 is 2.00 bits per heavy atom. The predicted octanol–water partition coefficient (Wildman–Crippen LogP) is 1.03. The number of aromatic nitrogens is 5. The molecule has 0 saturated carbocycles. The van der Waals surface area contributed by atoms with Crippen LogP contribution in [0.15, 0.2) is 53.7 Å². The molecule has 2 N–H and O–H groups in total. The van der Waals surface area contributed by atoms with Crippen LogP contribution in [0.5, 0.6) is 5.88 Å². The van der Waals surface area contributed by atoms with Crippen molar-refractivity contribution in [2.45, 2.75) is 6.61 Å². The molecule has 0 bridgehead atoms. The van der Waals surface area contributed by atoms with Crippen LogP contribution in [0.4, 0.5) is 4.79 Å². The van der Waals surface area contributed by atoms with Crippen LogP contribution in [0.1, 0.15) is 17.1 Å². The topological polar surface area (TPSA) is 130 Å². The minimum atomic E-state index is -0.935. The summed E-state index contributed by atoms with van der Waals surface area (Å²) in [5.41, 5.74) is 6.75. The summed E-state index contributed by atoms with van der Waals surface area (Å²) in [5.74, 6) is 0.540. The molecule has 2 heterocycles. The molecule has 0 radical (unpaired) electrons.